The Morgan fingerprint density at radius 2 is 1.44 bits per heavy atom. The molecule has 0 radical (unpaired) electrons. The minimum atomic E-state index is -0.879. The average Bonchev–Trinajstić information content (AvgIpc) is 3.22. The Hall–Kier alpha value is -4.57. The van der Waals surface area contributed by atoms with Gasteiger partial charge in [-0.05, 0) is 56.0 Å². The second-order valence-electron chi connectivity index (χ2n) is 10.3. The first kappa shape index (κ1) is 23.5. The van der Waals surface area contributed by atoms with Gasteiger partial charge in [-0.3, -0.25) is 9.69 Å². The number of hydrogen-bond donors (Lipinski definition) is 0. The molecular formula is C35H30N2O2. The minimum absolute atomic E-state index is 0.00542. The number of ether oxygens (including phenoxy) is 1. The van der Waals surface area contributed by atoms with Gasteiger partial charge in [0.25, 0.3) is 5.91 Å². The van der Waals surface area contributed by atoms with E-state index in [9.17, 15) is 4.79 Å². The topological polar surface area (TPSA) is 32.8 Å². The van der Waals surface area contributed by atoms with E-state index in [1.807, 2.05) is 41.3 Å². The highest BCUT2D eigenvalue weighted by molar-refractivity contribution is 6.17. The van der Waals surface area contributed by atoms with Crippen LogP contribution in [0.3, 0.4) is 0 Å². The van der Waals surface area contributed by atoms with Gasteiger partial charge in [0.15, 0.2) is 0 Å². The Morgan fingerprint density at radius 1 is 0.744 bits per heavy atom. The van der Waals surface area contributed by atoms with Gasteiger partial charge in [0.2, 0.25) is 0 Å². The maximum absolute atomic E-state index is 14.5. The van der Waals surface area contributed by atoms with Gasteiger partial charge < -0.3 is 9.64 Å². The van der Waals surface area contributed by atoms with Gasteiger partial charge in [-0.15, -0.1) is 0 Å². The molecule has 1 spiro atoms. The fourth-order valence-electron chi connectivity index (χ4n) is 6.56. The Labute approximate surface area is 229 Å². The van der Waals surface area contributed by atoms with Crippen LogP contribution in [0.1, 0.15) is 46.5 Å². The van der Waals surface area contributed by atoms with Crippen molar-refractivity contribution in [3.8, 4) is 11.5 Å². The van der Waals surface area contributed by atoms with Crippen molar-refractivity contribution < 1.29 is 9.53 Å². The number of carbonyl (C=O) groups is 1. The van der Waals surface area contributed by atoms with Crippen LogP contribution in [0.15, 0.2) is 103 Å². The second-order valence-corrected chi connectivity index (χ2v) is 10.3. The first-order chi connectivity index (χ1) is 19.1. The molecule has 1 amide bonds. The normalized spacial score (nSPS) is 17.1. The van der Waals surface area contributed by atoms with Gasteiger partial charge in [0, 0.05) is 52.5 Å². The smallest absolute Gasteiger partial charge is 0.260 e. The monoisotopic (exact) mass is 510 g/mol. The number of aryl methyl sites for hydroxylation is 1. The van der Waals surface area contributed by atoms with Crippen molar-refractivity contribution in [2.75, 3.05) is 22.9 Å². The molecule has 5 aromatic carbocycles. The van der Waals surface area contributed by atoms with Crippen molar-refractivity contribution >= 4 is 28.1 Å². The summed E-state index contributed by atoms with van der Waals surface area (Å²) < 4.78 is 6.68. The number of hydrogen-bond acceptors (Lipinski definition) is 3. The summed E-state index contributed by atoms with van der Waals surface area (Å²) in [5.41, 5.74) is 5.88. The molecule has 4 nitrogen and oxygen atoms in total. The van der Waals surface area contributed by atoms with Gasteiger partial charge in [0.05, 0.1) is 5.69 Å². The summed E-state index contributed by atoms with van der Waals surface area (Å²) in [6.07, 6.45) is 0. The summed E-state index contributed by atoms with van der Waals surface area (Å²) in [5.74, 6) is 1.57. The lowest BCUT2D eigenvalue weighted by Crippen LogP contribution is -2.47. The maximum Gasteiger partial charge on any atom is 0.260 e. The van der Waals surface area contributed by atoms with Gasteiger partial charge in [0.1, 0.15) is 17.0 Å². The van der Waals surface area contributed by atoms with Crippen LogP contribution in [-0.4, -0.2) is 19.0 Å². The summed E-state index contributed by atoms with van der Waals surface area (Å²) in [6.45, 7) is 8.21. The molecule has 1 unspecified atom stereocenters. The highest BCUT2D eigenvalue weighted by Crippen LogP contribution is 2.59. The van der Waals surface area contributed by atoms with Crippen LogP contribution in [-0.2, 0) is 5.54 Å². The number of amides is 1. The van der Waals surface area contributed by atoms with E-state index in [2.05, 4.69) is 92.4 Å². The third-order valence-corrected chi connectivity index (χ3v) is 8.32. The molecule has 39 heavy (non-hydrogen) atoms. The van der Waals surface area contributed by atoms with Gasteiger partial charge in [-0.2, -0.15) is 0 Å². The first-order valence-corrected chi connectivity index (χ1v) is 13.7. The number of anilines is 2. The summed E-state index contributed by atoms with van der Waals surface area (Å²) in [7, 11) is 0. The van der Waals surface area contributed by atoms with E-state index in [4.69, 9.17) is 4.74 Å². The zero-order chi connectivity index (χ0) is 26.7. The van der Waals surface area contributed by atoms with Gasteiger partial charge >= 0.3 is 0 Å². The molecule has 4 heteroatoms. The highest BCUT2D eigenvalue weighted by Gasteiger charge is 2.57. The molecule has 0 saturated carbocycles. The van der Waals surface area contributed by atoms with Crippen molar-refractivity contribution in [3.63, 3.8) is 0 Å². The Balaban J connectivity index is 1.61. The van der Waals surface area contributed by atoms with Crippen molar-refractivity contribution in [1.82, 2.24) is 0 Å². The molecular weight excluding hydrogens is 480 g/mol. The summed E-state index contributed by atoms with van der Waals surface area (Å²) in [6, 6.07) is 35.4. The molecule has 192 valence electrons. The lowest BCUT2D eigenvalue weighted by molar-refractivity contribution is 0.0986. The molecule has 0 bridgehead atoms. The third-order valence-electron chi connectivity index (χ3n) is 8.32. The van der Waals surface area contributed by atoms with E-state index < -0.39 is 5.54 Å². The largest absolute Gasteiger partial charge is 0.456 e. The van der Waals surface area contributed by atoms with E-state index >= 15 is 0 Å². The predicted molar refractivity (Wildman–Crippen MR) is 158 cm³/mol. The number of benzene rings is 5. The van der Waals surface area contributed by atoms with Crippen LogP contribution in [0.25, 0.3) is 10.8 Å². The number of fused-ring (bicyclic) bond motifs is 7. The van der Waals surface area contributed by atoms with E-state index in [0.717, 1.165) is 74.6 Å². The van der Waals surface area contributed by atoms with Crippen LogP contribution in [0, 0.1) is 6.92 Å². The van der Waals surface area contributed by atoms with Crippen LogP contribution in [0.2, 0.25) is 0 Å². The predicted octanol–water partition coefficient (Wildman–Crippen LogP) is 8.05. The van der Waals surface area contributed by atoms with E-state index in [1.54, 1.807) is 0 Å². The van der Waals surface area contributed by atoms with Gasteiger partial charge in [-0.25, -0.2) is 0 Å². The van der Waals surface area contributed by atoms with Crippen LogP contribution >= 0.6 is 0 Å². The average molecular weight is 511 g/mol. The maximum atomic E-state index is 14.5. The molecule has 5 aromatic rings. The van der Waals surface area contributed by atoms with Crippen LogP contribution in [0.5, 0.6) is 11.5 Å². The first-order valence-electron chi connectivity index (χ1n) is 13.7. The molecule has 2 heterocycles. The van der Waals surface area contributed by atoms with E-state index in [-0.39, 0.29) is 5.91 Å². The number of nitrogens with zero attached hydrogens (tertiary/aromatic N) is 2. The van der Waals surface area contributed by atoms with Crippen molar-refractivity contribution in [1.29, 1.82) is 0 Å². The molecule has 1 atom stereocenters. The second kappa shape index (κ2) is 8.74. The third kappa shape index (κ3) is 3.21. The summed E-state index contributed by atoms with van der Waals surface area (Å²) >= 11 is 0. The van der Waals surface area contributed by atoms with Crippen molar-refractivity contribution in [3.05, 3.63) is 131 Å². The van der Waals surface area contributed by atoms with Gasteiger partial charge in [-0.1, -0.05) is 72.8 Å². The zero-order valence-corrected chi connectivity index (χ0v) is 22.4. The quantitative estimate of drug-likeness (QED) is 0.245. The molecule has 0 saturated heterocycles. The standard InChI is InChI=1S/C35H30N2O2/c1-4-36(5-2)25-18-20-30-33(22-25)39-32-21-23(3)17-19-29(32)35(30)28-15-9-8-14-27(28)34(38)37(35)31-16-10-12-24-11-6-7-13-26(24)31/h6-22H,4-5H2,1-3H3. The van der Waals surface area contributed by atoms with Crippen LogP contribution in [0.4, 0.5) is 11.4 Å². The molecule has 2 aliphatic heterocycles. The lowest BCUT2D eigenvalue weighted by Gasteiger charge is -2.44. The molecule has 0 fully saturated rings. The summed E-state index contributed by atoms with van der Waals surface area (Å²) in [5, 5.41) is 2.14. The SMILES string of the molecule is CCN(CC)c1ccc2c(c1)Oc1cc(C)ccc1C21c2ccccc2C(=O)N1c1cccc2ccccc12. The Kier molecular flexibility index (Phi) is 5.27. The number of rotatable bonds is 4. The highest BCUT2D eigenvalue weighted by atomic mass is 16.5. The summed E-state index contributed by atoms with van der Waals surface area (Å²) in [4.78, 5) is 18.9. The van der Waals surface area contributed by atoms with Crippen molar-refractivity contribution in [2.24, 2.45) is 0 Å². The van der Waals surface area contributed by atoms with E-state index in [1.165, 1.54) is 0 Å². The molecule has 0 N–H and O–H groups in total. The zero-order valence-electron chi connectivity index (χ0n) is 22.4. The number of carbonyl (C=O) groups excluding carboxylic acids is 1. The fraction of sp³-hybridized carbons (Fsp3) is 0.171. The molecule has 0 aromatic heterocycles. The van der Waals surface area contributed by atoms with E-state index in [0.29, 0.717) is 0 Å². The fourth-order valence-corrected chi connectivity index (χ4v) is 6.56. The lowest BCUT2D eigenvalue weighted by atomic mass is 9.74. The minimum Gasteiger partial charge on any atom is -0.456 e. The Bertz CT molecular complexity index is 1770. The molecule has 2 aliphatic rings. The Morgan fingerprint density at radius 3 is 2.26 bits per heavy atom. The van der Waals surface area contributed by atoms with Crippen LogP contribution < -0.4 is 14.5 Å². The molecule has 7 rings (SSSR count). The van der Waals surface area contributed by atoms with Crippen molar-refractivity contribution in [2.45, 2.75) is 26.3 Å². The molecule has 0 aliphatic carbocycles.